The highest BCUT2D eigenvalue weighted by Crippen LogP contribution is 2.19. The predicted molar refractivity (Wildman–Crippen MR) is 71.4 cm³/mol. The van der Waals surface area contributed by atoms with Crippen LogP contribution < -0.4 is 11.3 Å². The van der Waals surface area contributed by atoms with Gasteiger partial charge in [-0.1, -0.05) is 12.1 Å². The fourth-order valence-corrected chi connectivity index (χ4v) is 2.05. The van der Waals surface area contributed by atoms with E-state index in [0.717, 1.165) is 34.9 Å². The van der Waals surface area contributed by atoms with Crippen LogP contribution in [-0.4, -0.2) is 11.5 Å². The highest BCUT2D eigenvalue weighted by molar-refractivity contribution is 5.83. The number of hydrogen-bond donors (Lipinski definition) is 2. The van der Waals surface area contributed by atoms with E-state index in [9.17, 15) is 4.79 Å². The maximum absolute atomic E-state index is 11.9. The first-order chi connectivity index (χ1) is 8.13. The van der Waals surface area contributed by atoms with Crippen molar-refractivity contribution in [1.82, 2.24) is 4.98 Å². The Morgan fingerprint density at radius 3 is 2.76 bits per heavy atom. The van der Waals surface area contributed by atoms with E-state index in [4.69, 9.17) is 5.73 Å². The fourth-order valence-electron chi connectivity index (χ4n) is 2.05. The second kappa shape index (κ2) is 4.72. The quantitative estimate of drug-likeness (QED) is 0.847. The molecule has 0 spiro atoms. The van der Waals surface area contributed by atoms with Crippen molar-refractivity contribution in [3.05, 3.63) is 45.2 Å². The first kappa shape index (κ1) is 11.9. The highest BCUT2D eigenvalue weighted by atomic mass is 16.1. The summed E-state index contributed by atoms with van der Waals surface area (Å²) >= 11 is 0. The maximum Gasteiger partial charge on any atom is 0.251 e. The van der Waals surface area contributed by atoms with Gasteiger partial charge in [-0.15, -0.1) is 0 Å². The van der Waals surface area contributed by atoms with Gasteiger partial charge in [-0.05, 0) is 55.8 Å². The third kappa shape index (κ3) is 2.24. The molecule has 0 aliphatic rings. The number of hydrogen-bond acceptors (Lipinski definition) is 2. The number of benzene rings is 1. The van der Waals surface area contributed by atoms with Gasteiger partial charge in [-0.2, -0.15) is 0 Å². The van der Waals surface area contributed by atoms with Crippen molar-refractivity contribution in [2.45, 2.75) is 26.7 Å². The molecule has 0 saturated heterocycles. The lowest BCUT2D eigenvalue weighted by molar-refractivity contribution is 0.824. The van der Waals surface area contributed by atoms with Crippen LogP contribution in [0.25, 0.3) is 10.9 Å². The van der Waals surface area contributed by atoms with Crippen LogP contribution in [0.2, 0.25) is 0 Å². The molecule has 1 heterocycles. The van der Waals surface area contributed by atoms with Gasteiger partial charge in [0.25, 0.3) is 5.56 Å². The van der Waals surface area contributed by atoms with Crippen molar-refractivity contribution in [1.29, 1.82) is 0 Å². The third-order valence-corrected chi connectivity index (χ3v) is 3.28. The zero-order valence-corrected chi connectivity index (χ0v) is 10.3. The second-order valence-electron chi connectivity index (χ2n) is 4.49. The van der Waals surface area contributed by atoms with E-state index in [1.165, 1.54) is 5.56 Å². The molecule has 0 bridgehead atoms. The van der Waals surface area contributed by atoms with Gasteiger partial charge in [0.15, 0.2) is 0 Å². The van der Waals surface area contributed by atoms with E-state index in [1.54, 1.807) is 0 Å². The molecule has 0 amide bonds. The van der Waals surface area contributed by atoms with Gasteiger partial charge in [0.1, 0.15) is 0 Å². The minimum absolute atomic E-state index is 0.0136. The zero-order chi connectivity index (χ0) is 12.4. The Morgan fingerprint density at radius 2 is 2.06 bits per heavy atom. The number of aromatic nitrogens is 1. The zero-order valence-electron chi connectivity index (χ0n) is 10.3. The molecule has 2 rings (SSSR count). The maximum atomic E-state index is 11.9. The Morgan fingerprint density at radius 1 is 1.29 bits per heavy atom. The summed E-state index contributed by atoms with van der Waals surface area (Å²) in [6.45, 7) is 4.70. The SMILES string of the molecule is Cc1ccc2cc(CCCN)c(=O)[nH]c2c1C. The second-order valence-corrected chi connectivity index (χ2v) is 4.49. The summed E-state index contributed by atoms with van der Waals surface area (Å²) in [6.07, 6.45) is 1.59. The summed E-state index contributed by atoms with van der Waals surface area (Å²) in [5.74, 6) is 0. The molecule has 90 valence electrons. The van der Waals surface area contributed by atoms with Crippen LogP contribution in [0.5, 0.6) is 0 Å². The van der Waals surface area contributed by atoms with Crippen LogP contribution in [-0.2, 0) is 6.42 Å². The monoisotopic (exact) mass is 230 g/mol. The predicted octanol–water partition coefficient (Wildman–Crippen LogP) is 2.04. The van der Waals surface area contributed by atoms with Crippen molar-refractivity contribution in [2.24, 2.45) is 5.73 Å². The Bertz CT molecular complexity index is 599. The Balaban J connectivity index is 2.58. The van der Waals surface area contributed by atoms with E-state index >= 15 is 0 Å². The van der Waals surface area contributed by atoms with E-state index in [-0.39, 0.29) is 5.56 Å². The molecular formula is C14H18N2O. The average molecular weight is 230 g/mol. The van der Waals surface area contributed by atoms with Gasteiger partial charge in [0.05, 0.1) is 5.52 Å². The molecule has 1 aromatic heterocycles. The van der Waals surface area contributed by atoms with E-state index in [1.807, 2.05) is 13.0 Å². The smallest absolute Gasteiger partial charge is 0.251 e. The molecule has 3 heteroatoms. The summed E-state index contributed by atoms with van der Waals surface area (Å²) in [5.41, 5.74) is 9.60. The molecule has 0 fully saturated rings. The molecular weight excluding hydrogens is 212 g/mol. The number of aryl methyl sites for hydroxylation is 3. The Kier molecular flexibility index (Phi) is 3.29. The molecule has 0 aliphatic carbocycles. The van der Waals surface area contributed by atoms with Gasteiger partial charge in [0, 0.05) is 5.56 Å². The lowest BCUT2D eigenvalue weighted by Gasteiger charge is -2.07. The molecule has 2 aromatic rings. The van der Waals surface area contributed by atoms with Crippen LogP contribution in [0.15, 0.2) is 23.0 Å². The third-order valence-electron chi connectivity index (χ3n) is 3.28. The molecule has 0 atom stereocenters. The van der Waals surface area contributed by atoms with Gasteiger partial charge in [-0.25, -0.2) is 0 Å². The van der Waals surface area contributed by atoms with Crippen LogP contribution in [0, 0.1) is 13.8 Å². The largest absolute Gasteiger partial charge is 0.330 e. The first-order valence-electron chi connectivity index (χ1n) is 5.95. The molecule has 1 aromatic carbocycles. The molecule has 3 nitrogen and oxygen atoms in total. The van der Waals surface area contributed by atoms with E-state index in [0.29, 0.717) is 6.54 Å². The molecule has 17 heavy (non-hydrogen) atoms. The van der Waals surface area contributed by atoms with Gasteiger partial charge in [0.2, 0.25) is 0 Å². The van der Waals surface area contributed by atoms with Crippen LogP contribution in [0.3, 0.4) is 0 Å². The van der Waals surface area contributed by atoms with Crippen LogP contribution >= 0.6 is 0 Å². The van der Waals surface area contributed by atoms with Crippen molar-refractivity contribution in [3.8, 4) is 0 Å². The van der Waals surface area contributed by atoms with E-state index < -0.39 is 0 Å². The molecule has 0 radical (unpaired) electrons. The van der Waals surface area contributed by atoms with Crippen LogP contribution in [0.1, 0.15) is 23.1 Å². The minimum atomic E-state index is 0.0136. The topological polar surface area (TPSA) is 58.9 Å². The van der Waals surface area contributed by atoms with Crippen LogP contribution in [0.4, 0.5) is 0 Å². The van der Waals surface area contributed by atoms with Crippen molar-refractivity contribution >= 4 is 10.9 Å². The summed E-state index contributed by atoms with van der Waals surface area (Å²) in [6, 6.07) is 6.12. The Hall–Kier alpha value is -1.61. The van der Waals surface area contributed by atoms with Gasteiger partial charge >= 0.3 is 0 Å². The first-order valence-corrected chi connectivity index (χ1v) is 5.95. The van der Waals surface area contributed by atoms with Gasteiger partial charge in [-0.3, -0.25) is 4.79 Å². The van der Waals surface area contributed by atoms with Crippen molar-refractivity contribution in [3.63, 3.8) is 0 Å². The highest BCUT2D eigenvalue weighted by Gasteiger charge is 2.05. The molecule has 0 saturated carbocycles. The normalized spacial score (nSPS) is 11.0. The molecule has 3 N–H and O–H groups in total. The van der Waals surface area contributed by atoms with Gasteiger partial charge < -0.3 is 10.7 Å². The number of aromatic amines is 1. The standard InChI is InChI=1S/C14H18N2O/c1-9-5-6-11-8-12(4-3-7-15)14(17)16-13(11)10(9)2/h5-6,8H,3-4,7,15H2,1-2H3,(H,16,17). The Labute approximate surface area is 101 Å². The summed E-state index contributed by atoms with van der Waals surface area (Å²) in [5, 5.41) is 1.10. The summed E-state index contributed by atoms with van der Waals surface area (Å²) in [7, 11) is 0. The summed E-state index contributed by atoms with van der Waals surface area (Å²) < 4.78 is 0. The van der Waals surface area contributed by atoms with Crippen molar-refractivity contribution in [2.75, 3.05) is 6.54 Å². The average Bonchev–Trinajstić information content (AvgIpc) is 2.32. The fraction of sp³-hybridized carbons (Fsp3) is 0.357. The lowest BCUT2D eigenvalue weighted by Crippen LogP contribution is -2.14. The number of nitrogens with two attached hydrogens (primary N) is 1. The molecule has 0 aliphatic heterocycles. The number of nitrogens with one attached hydrogen (secondary N) is 1. The van der Waals surface area contributed by atoms with Crippen molar-refractivity contribution < 1.29 is 0 Å². The molecule has 0 unspecified atom stereocenters. The minimum Gasteiger partial charge on any atom is -0.330 e. The number of H-pyrrole nitrogens is 1. The number of fused-ring (bicyclic) bond motifs is 1. The number of pyridine rings is 1. The van der Waals surface area contributed by atoms with E-state index in [2.05, 4.69) is 24.0 Å². The lowest BCUT2D eigenvalue weighted by atomic mass is 10.0. The number of rotatable bonds is 3. The summed E-state index contributed by atoms with van der Waals surface area (Å²) in [4.78, 5) is 14.9.